The smallest absolute Gasteiger partial charge is 0.226 e. The van der Waals surface area contributed by atoms with Gasteiger partial charge in [-0.25, -0.2) is 4.98 Å². The number of hydrogen-bond acceptors (Lipinski definition) is 3. The van der Waals surface area contributed by atoms with E-state index >= 15 is 0 Å². The van der Waals surface area contributed by atoms with Gasteiger partial charge in [0.1, 0.15) is 0 Å². The molecule has 0 bridgehead atoms. The first-order chi connectivity index (χ1) is 9.02. The fourth-order valence-electron chi connectivity index (χ4n) is 2.86. The number of aromatic nitrogens is 2. The van der Waals surface area contributed by atoms with Crippen LogP contribution in [0.4, 0.5) is 0 Å². The molecular formula is C14H19N3OS. The highest BCUT2D eigenvalue weighted by molar-refractivity contribution is 7.15. The zero-order valence-electron chi connectivity index (χ0n) is 11.3. The van der Waals surface area contributed by atoms with E-state index in [0.29, 0.717) is 17.9 Å². The molecule has 1 unspecified atom stereocenters. The van der Waals surface area contributed by atoms with Gasteiger partial charge >= 0.3 is 0 Å². The maximum atomic E-state index is 12.0. The van der Waals surface area contributed by atoms with Gasteiger partial charge in [-0.15, -0.1) is 11.3 Å². The standard InChI is InChI=1S/C14H19N3OS/c1-14(2)4-3-10(8-14)15-12(18)7-11-9-17-5-6-19-13(17)16-11/h5-6,9-10H,3-4,7-8H2,1-2H3,(H,15,18). The molecule has 0 radical (unpaired) electrons. The van der Waals surface area contributed by atoms with E-state index in [1.54, 1.807) is 11.3 Å². The Morgan fingerprint density at radius 1 is 1.63 bits per heavy atom. The summed E-state index contributed by atoms with van der Waals surface area (Å²) in [5, 5.41) is 5.13. The van der Waals surface area contributed by atoms with Crippen LogP contribution in [0.3, 0.4) is 0 Å². The summed E-state index contributed by atoms with van der Waals surface area (Å²) in [7, 11) is 0. The van der Waals surface area contributed by atoms with Crippen LogP contribution in [0.5, 0.6) is 0 Å². The molecule has 2 aromatic rings. The van der Waals surface area contributed by atoms with Crippen molar-refractivity contribution >= 4 is 22.2 Å². The van der Waals surface area contributed by atoms with Crippen LogP contribution >= 0.6 is 11.3 Å². The van der Waals surface area contributed by atoms with Gasteiger partial charge in [0.25, 0.3) is 0 Å². The van der Waals surface area contributed by atoms with Gasteiger partial charge in [0.15, 0.2) is 4.96 Å². The van der Waals surface area contributed by atoms with Crippen LogP contribution in [-0.2, 0) is 11.2 Å². The van der Waals surface area contributed by atoms with Gasteiger partial charge in [0, 0.05) is 23.8 Å². The zero-order valence-corrected chi connectivity index (χ0v) is 12.2. The maximum Gasteiger partial charge on any atom is 0.226 e. The monoisotopic (exact) mass is 277 g/mol. The molecule has 1 fully saturated rings. The molecule has 1 atom stereocenters. The van der Waals surface area contributed by atoms with Crippen LogP contribution in [0.15, 0.2) is 17.8 Å². The second-order valence-corrected chi connectivity index (χ2v) is 7.05. The van der Waals surface area contributed by atoms with E-state index in [0.717, 1.165) is 23.5 Å². The number of carbonyl (C=O) groups is 1. The number of hydrogen-bond donors (Lipinski definition) is 1. The van der Waals surface area contributed by atoms with E-state index in [2.05, 4.69) is 24.1 Å². The Bertz CT molecular complexity index is 570. The molecule has 0 aliphatic heterocycles. The maximum absolute atomic E-state index is 12.0. The van der Waals surface area contributed by atoms with Crippen LogP contribution < -0.4 is 5.32 Å². The minimum Gasteiger partial charge on any atom is -0.353 e. The average Bonchev–Trinajstić information content (AvgIpc) is 2.93. The van der Waals surface area contributed by atoms with Gasteiger partial charge in [-0.1, -0.05) is 13.8 Å². The quantitative estimate of drug-likeness (QED) is 0.937. The topological polar surface area (TPSA) is 46.4 Å². The molecule has 1 amide bonds. The Labute approximate surface area is 116 Å². The molecule has 1 saturated carbocycles. The average molecular weight is 277 g/mol. The van der Waals surface area contributed by atoms with Crippen LogP contribution in [0.25, 0.3) is 4.96 Å². The summed E-state index contributed by atoms with van der Waals surface area (Å²) in [4.78, 5) is 17.4. The predicted octanol–water partition coefficient (Wildman–Crippen LogP) is 2.63. The van der Waals surface area contributed by atoms with Crippen molar-refractivity contribution in [1.29, 1.82) is 0 Å². The van der Waals surface area contributed by atoms with Crippen molar-refractivity contribution in [3.05, 3.63) is 23.5 Å². The Hall–Kier alpha value is -1.36. The van der Waals surface area contributed by atoms with E-state index in [4.69, 9.17) is 0 Å². The predicted molar refractivity (Wildman–Crippen MR) is 76.3 cm³/mol. The van der Waals surface area contributed by atoms with E-state index in [1.165, 1.54) is 6.42 Å². The van der Waals surface area contributed by atoms with Crippen molar-refractivity contribution in [3.8, 4) is 0 Å². The van der Waals surface area contributed by atoms with Gasteiger partial charge < -0.3 is 5.32 Å². The Morgan fingerprint density at radius 2 is 2.47 bits per heavy atom. The van der Waals surface area contributed by atoms with Crippen LogP contribution in [0.1, 0.15) is 38.8 Å². The number of imidazole rings is 1. The number of nitrogens with zero attached hydrogens (tertiary/aromatic N) is 2. The van der Waals surface area contributed by atoms with Gasteiger partial charge in [0.05, 0.1) is 12.1 Å². The Kier molecular flexibility index (Phi) is 3.09. The highest BCUT2D eigenvalue weighted by Gasteiger charge is 2.31. The summed E-state index contributed by atoms with van der Waals surface area (Å²) < 4.78 is 1.96. The van der Waals surface area contributed by atoms with E-state index in [-0.39, 0.29) is 5.91 Å². The van der Waals surface area contributed by atoms with E-state index in [1.807, 2.05) is 22.2 Å². The molecule has 3 rings (SSSR count). The summed E-state index contributed by atoms with van der Waals surface area (Å²) in [6, 6.07) is 0.339. The molecular weight excluding hydrogens is 258 g/mol. The lowest BCUT2D eigenvalue weighted by atomic mass is 9.92. The first-order valence-corrected chi connectivity index (χ1v) is 7.60. The van der Waals surface area contributed by atoms with E-state index < -0.39 is 0 Å². The van der Waals surface area contributed by atoms with Crippen molar-refractivity contribution in [2.75, 3.05) is 0 Å². The molecule has 1 aliphatic carbocycles. The minimum absolute atomic E-state index is 0.0912. The summed E-state index contributed by atoms with van der Waals surface area (Å²) >= 11 is 1.59. The minimum atomic E-state index is 0.0912. The number of fused-ring (bicyclic) bond motifs is 1. The molecule has 2 heterocycles. The van der Waals surface area contributed by atoms with Crippen LogP contribution in [0.2, 0.25) is 0 Å². The molecule has 0 saturated heterocycles. The van der Waals surface area contributed by atoms with Crippen molar-refractivity contribution in [2.45, 2.75) is 45.6 Å². The van der Waals surface area contributed by atoms with Gasteiger partial charge in [-0.05, 0) is 24.7 Å². The van der Waals surface area contributed by atoms with Crippen LogP contribution in [-0.4, -0.2) is 21.3 Å². The fraction of sp³-hybridized carbons (Fsp3) is 0.571. The Balaban J connectivity index is 1.58. The lowest BCUT2D eigenvalue weighted by molar-refractivity contribution is -0.121. The first-order valence-electron chi connectivity index (χ1n) is 6.72. The fourth-order valence-corrected chi connectivity index (χ4v) is 3.58. The largest absolute Gasteiger partial charge is 0.353 e. The summed E-state index contributed by atoms with van der Waals surface area (Å²) in [5.41, 5.74) is 1.22. The highest BCUT2D eigenvalue weighted by atomic mass is 32.1. The third-order valence-corrected chi connectivity index (χ3v) is 4.59. The Morgan fingerprint density at radius 3 is 3.16 bits per heavy atom. The van der Waals surface area contributed by atoms with Crippen molar-refractivity contribution in [1.82, 2.24) is 14.7 Å². The van der Waals surface area contributed by atoms with Crippen molar-refractivity contribution in [3.63, 3.8) is 0 Å². The summed E-state index contributed by atoms with van der Waals surface area (Å²) in [5.74, 6) is 0.0912. The molecule has 2 aromatic heterocycles. The van der Waals surface area contributed by atoms with Gasteiger partial charge in [0.2, 0.25) is 5.91 Å². The summed E-state index contributed by atoms with van der Waals surface area (Å²) in [6.07, 6.45) is 7.65. The molecule has 102 valence electrons. The van der Waals surface area contributed by atoms with Crippen LogP contribution in [0, 0.1) is 5.41 Å². The number of nitrogens with one attached hydrogen (secondary N) is 1. The zero-order chi connectivity index (χ0) is 13.5. The highest BCUT2D eigenvalue weighted by Crippen LogP contribution is 2.36. The molecule has 5 heteroatoms. The normalized spacial score (nSPS) is 21.9. The number of carbonyl (C=O) groups excluding carboxylic acids is 1. The van der Waals surface area contributed by atoms with Crippen molar-refractivity contribution in [2.24, 2.45) is 5.41 Å². The second kappa shape index (κ2) is 4.63. The molecule has 19 heavy (non-hydrogen) atoms. The lowest BCUT2D eigenvalue weighted by Gasteiger charge is -2.17. The van der Waals surface area contributed by atoms with Gasteiger partial charge in [-0.2, -0.15) is 0 Å². The van der Waals surface area contributed by atoms with E-state index in [9.17, 15) is 4.79 Å². The third kappa shape index (κ3) is 2.81. The number of amides is 1. The third-order valence-electron chi connectivity index (χ3n) is 3.82. The first kappa shape index (κ1) is 12.7. The van der Waals surface area contributed by atoms with Gasteiger partial charge in [-0.3, -0.25) is 9.20 Å². The molecule has 1 aliphatic rings. The number of thiazole rings is 1. The summed E-state index contributed by atoms with van der Waals surface area (Å²) in [6.45, 7) is 4.53. The molecule has 0 aromatic carbocycles. The lowest BCUT2D eigenvalue weighted by Crippen LogP contribution is -2.34. The molecule has 1 N–H and O–H groups in total. The SMILES string of the molecule is CC1(C)CCC(NC(=O)Cc2cn3ccsc3n2)C1. The van der Waals surface area contributed by atoms with Crippen molar-refractivity contribution < 1.29 is 4.79 Å². The molecule has 4 nitrogen and oxygen atoms in total. The second-order valence-electron chi connectivity index (χ2n) is 6.17. The number of rotatable bonds is 3. The molecule has 0 spiro atoms.